The highest BCUT2D eigenvalue weighted by atomic mass is 31.2. The van der Waals surface area contributed by atoms with E-state index in [0.29, 0.717) is 23.9 Å². The molecule has 2 atom stereocenters. The van der Waals surface area contributed by atoms with Crippen LogP contribution in [0.4, 0.5) is 0 Å². The van der Waals surface area contributed by atoms with Gasteiger partial charge in [0.15, 0.2) is 6.10 Å². The molecule has 0 aliphatic rings. The number of phosphoric acid groups is 1. The van der Waals surface area contributed by atoms with Crippen LogP contribution in [0.2, 0.25) is 0 Å². The molecule has 0 heterocycles. The van der Waals surface area contributed by atoms with Crippen LogP contribution in [0.25, 0.3) is 0 Å². The van der Waals surface area contributed by atoms with E-state index in [2.05, 4.69) is 184 Å². The number of likely N-dealkylation sites (N-methyl/N-ethyl adjacent to an activating group) is 1. The second-order valence-corrected chi connectivity index (χ2v) is 23.8. The second-order valence-electron chi connectivity index (χ2n) is 22.4. The number of allylic oxidation sites excluding steroid dienone is 28. The highest BCUT2D eigenvalue weighted by Gasteiger charge is 2.21. The van der Waals surface area contributed by atoms with E-state index in [0.717, 1.165) is 116 Å². The fraction of sp³-hybridized carbons (Fsp3) is 0.595. The summed E-state index contributed by atoms with van der Waals surface area (Å²) in [4.78, 5) is 38.0. The number of ether oxygens (including phenoxy) is 2. The van der Waals surface area contributed by atoms with Crippen LogP contribution < -0.4 is 4.89 Å². The first-order valence-electron chi connectivity index (χ1n) is 32.8. The molecule has 0 radical (unpaired) electrons. The topological polar surface area (TPSA) is 111 Å². The molecular weight excluding hydrogens is 1060 g/mol. The van der Waals surface area contributed by atoms with Crippen molar-refractivity contribution in [2.45, 2.75) is 238 Å². The van der Waals surface area contributed by atoms with E-state index < -0.39 is 32.5 Å². The lowest BCUT2D eigenvalue weighted by molar-refractivity contribution is -0.870. The number of carbonyl (C=O) groups excluding carboxylic acids is 2. The van der Waals surface area contributed by atoms with Crippen molar-refractivity contribution in [3.05, 3.63) is 170 Å². The Labute approximate surface area is 515 Å². The standard InChI is InChI=1S/C74H120NO8P/c1-6-8-10-12-14-16-18-20-22-24-26-28-30-31-32-33-34-35-36-37-38-39-40-41-42-43-45-47-49-51-53-55-57-59-61-63-65-67-74(77)83-72(71-82-84(78,79)81-69-68-75(3,4)5)70-80-73(76)66-64-62-60-58-56-54-52-50-48-46-44-29-27-25-23-21-19-17-15-13-11-9-7-2/h8-11,14-17,20-23,26-29,31-32,34-35,37-38,46,48,52,54,58,60,72H,6-7,12-13,18-19,24-25,30,33,36,39-45,47,49-51,53,55-57,59,61-71H2,1-5H3/b10-8-,11-9-,16-14-,17-15-,22-20-,23-21-,28-26-,29-27-,32-31-,35-34-,38-37-,48-46-,54-52-,60-58-. The van der Waals surface area contributed by atoms with Gasteiger partial charge in [-0.3, -0.25) is 14.2 Å². The van der Waals surface area contributed by atoms with Crippen LogP contribution in [0.5, 0.6) is 0 Å². The number of nitrogens with zero attached hydrogens (tertiary/aromatic N) is 1. The summed E-state index contributed by atoms with van der Waals surface area (Å²) in [5.41, 5.74) is 0. The van der Waals surface area contributed by atoms with E-state index in [1.807, 2.05) is 21.1 Å². The number of hydrogen-bond donors (Lipinski definition) is 0. The monoisotopic (exact) mass is 1180 g/mol. The first kappa shape index (κ1) is 79.4. The van der Waals surface area contributed by atoms with E-state index in [-0.39, 0.29) is 26.1 Å². The van der Waals surface area contributed by atoms with Crippen molar-refractivity contribution < 1.29 is 42.1 Å². The molecule has 84 heavy (non-hydrogen) atoms. The summed E-state index contributed by atoms with van der Waals surface area (Å²) in [7, 11) is 1.11. The van der Waals surface area contributed by atoms with E-state index in [4.69, 9.17) is 18.5 Å². The minimum Gasteiger partial charge on any atom is -0.756 e. The quantitative estimate of drug-likeness (QED) is 0.0195. The van der Waals surface area contributed by atoms with Gasteiger partial charge in [0.2, 0.25) is 0 Å². The van der Waals surface area contributed by atoms with Gasteiger partial charge in [-0.15, -0.1) is 0 Å². The average Bonchev–Trinajstić information content (AvgIpc) is 3.61. The van der Waals surface area contributed by atoms with Crippen LogP contribution in [-0.2, 0) is 32.7 Å². The van der Waals surface area contributed by atoms with Crippen molar-refractivity contribution >= 4 is 19.8 Å². The third-order valence-corrected chi connectivity index (χ3v) is 14.2. The molecule has 0 aromatic carbocycles. The normalized spacial score (nSPS) is 14.3. The lowest BCUT2D eigenvalue weighted by Crippen LogP contribution is -2.37. The maximum absolute atomic E-state index is 12.8. The average molecular weight is 1180 g/mol. The zero-order chi connectivity index (χ0) is 61.2. The molecule has 0 aromatic heterocycles. The van der Waals surface area contributed by atoms with Crippen molar-refractivity contribution in [2.24, 2.45) is 0 Å². The Morgan fingerprint density at radius 3 is 0.988 bits per heavy atom. The summed E-state index contributed by atoms with van der Waals surface area (Å²) in [6.45, 7) is 3.93. The molecule has 0 spiro atoms. The molecular formula is C74H120NO8P. The summed E-state index contributed by atoms with van der Waals surface area (Å²) in [6.07, 6.45) is 95.7. The van der Waals surface area contributed by atoms with Crippen LogP contribution in [0, 0.1) is 0 Å². The summed E-state index contributed by atoms with van der Waals surface area (Å²) in [5.74, 6) is -0.913. The van der Waals surface area contributed by atoms with Gasteiger partial charge in [-0.25, -0.2) is 0 Å². The molecule has 10 heteroatoms. The molecule has 0 aliphatic heterocycles. The number of carbonyl (C=O) groups is 2. The Morgan fingerprint density at radius 2 is 0.655 bits per heavy atom. The minimum absolute atomic E-state index is 0.0484. The van der Waals surface area contributed by atoms with E-state index >= 15 is 0 Å². The number of rotatable bonds is 58. The molecule has 2 unspecified atom stereocenters. The molecule has 9 nitrogen and oxygen atoms in total. The lowest BCUT2D eigenvalue weighted by atomic mass is 10.0. The van der Waals surface area contributed by atoms with Crippen molar-refractivity contribution in [2.75, 3.05) is 47.5 Å². The van der Waals surface area contributed by atoms with Crippen molar-refractivity contribution in [1.82, 2.24) is 0 Å². The molecule has 0 fully saturated rings. The van der Waals surface area contributed by atoms with Gasteiger partial charge in [-0.2, -0.15) is 0 Å². The minimum atomic E-state index is -4.66. The zero-order valence-electron chi connectivity index (χ0n) is 53.8. The molecule has 0 aromatic rings. The van der Waals surface area contributed by atoms with Crippen molar-refractivity contribution in [3.63, 3.8) is 0 Å². The largest absolute Gasteiger partial charge is 0.756 e. The number of esters is 2. The number of quaternary nitrogens is 1. The van der Waals surface area contributed by atoms with Gasteiger partial charge in [0.1, 0.15) is 19.8 Å². The highest BCUT2D eigenvalue weighted by molar-refractivity contribution is 7.45. The fourth-order valence-corrected chi connectivity index (χ4v) is 9.00. The van der Waals surface area contributed by atoms with Gasteiger partial charge in [-0.1, -0.05) is 267 Å². The highest BCUT2D eigenvalue weighted by Crippen LogP contribution is 2.38. The number of unbranched alkanes of at least 4 members (excludes halogenated alkanes) is 16. The number of phosphoric ester groups is 1. The van der Waals surface area contributed by atoms with Crippen LogP contribution in [0.1, 0.15) is 232 Å². The molecule has 0 N–H and O–H groups in total. The SMILES string of the molecule is CC/C=C\C/C=C\C/C=C\C/C=C\C/C=C\C/C=C\C/C=C\CCCCCCCCCCCCCCCCCC(=O)OC(COC(=O)CCC/C=C\C/C=C\C/C=C\C/C=C\C/C=C\C/C=C\C/C=C\CC)COP(=O)([O-])OCC[N+](C)(C)C. The Morgan fingerprint density at radius 1 is 0.369 bits per heavy atom. The maximum atomic E-state index is 12.8. The first-order chi connectivity index (χ1) is 41.0. The van der Waals surface area contributed by atoms with Crippen LogP contribution in [0.15, 0.2) is 170 Å². The molecule has 0 bridgehead atoms. The Bertz CT molecular complexity index is 2020. The Hall–Kier alpha value is -4.63. The molecule has 474 valence electrons. The summed E-state index contributed by atoms with van der Waals surface area (Å²) in [5, 5.41) is 0. The zero-order valence-corrected chi connectivity index (χ0v) is 54.7. The molecule has 0 rings (SSSR count). The third-order valence-electron chi connectivity index (χ3n) is 13.2. The van der Waals surface area contributed by atoms with Crippen LogP contribution in [-0.4, -0.2) is 70.0 Å². The lowest BCUT2D eigenvalue weighted by Gasteiger charge is -2.28. The smallest absolute Gasteiger partial charge is 0.306 e. The Balaban J connectivity index is 4.16. The van der Waals surface area contributed by atoms with Gasteiger partial charge in [0.05, 0.1) is 27.7 Å². The summed E-state index contributed by atoms with van der Waals surface area (Å²) in [6, 6.07) is 0. The number of hydrogen-bond acceptors (Lipinski definition) is 8. The van der Waals surface area contributed by atoms with E-state index in [1.165, 1.54) is 77.0 Å². The van der Waals surface area contributed by atoms with Crippen molar-refractivity contribution in [3.8, 4) is 0 Å². The second kappa shape index (κ2) is 62.9. The predicted octanol–water partition coefficient (Wildman–Crippen LogP) is 20.7. The van der Waals surface area contributed by atoms with Gasteiger partial charge >= 0.3 is 11.9 Å². The van der Waals surface area contributed by atoms with E-state index in [1.54, 1.807) is 0 Å². The summed E-state index contributed by atoms with van der Waals surface area (Å²) < 4.78 is 34.2. The Kier molecular flexibility index (Phi) is 59.4. The fourth-order valence-electron chi connectivity index (χ4n) is 8.27. The third kappa shape index (κ3) is 66.5. The maximum Gasteiger partial charge on any atom is 0.306 e. The van der Waals surface area contributed by atoms with Crippen LogP contribution in [0.3, 0.4) is 0 Å². The first-order valence-corrected chi connectivity index (χ1v) is 34.3. The van der Waals surface area contributed by atoms with Gasteiger partial charge in [0, 0.05) is 12.8 Å². The van der Waals surface area contributed by atoms with Crippen molar-refractivity contribution in [1.29, 1.82) is 0 Å². The molecule has 0 amide bonds. The van der Waals surface area contributed by atoms with Gasteiger partial charge in [0.25, 0.3) is 7.82 Å². The molecule has 0 saturated carbocycles. The van der Waals surface area contributed by atoms with Gasteiger partial charge in [-0.05, 0) is 122 Å². The van der Waals surface area contributed by atoms with Gasteiger partial charge < -0.3 is 27.9 Å². The van der Waals surface area contributed by atoms with E-state index in [9.17, 15) is 19.0 Å². The molecule has 0 aliphatic carbocycles. The predicted molar refractivity (Wildman–Crippen MR) is 360 cm³/mol. The van der Waals surface area contributed by atoms with Crippen LogP contribution >= 0.6 is 7.82 Å². The molecule has 0 saturated heterocycles. The summed E-state index contributed by atoms with van der Waals surface area (Å²) >= 11 is 0.